The third-order valence-electron chi connectivity index (χ3n) is 2.78. The Morgan fingerprint density at radius 1 is 1.42 bits per heavy atom. The minimum Gasteiger partial charge on any atom is -0.332 e. The Bertz CT molecular complexity index is 198. The first-order chi connectivity index (χ1) is 5.75. The summed E-state index contributed by atoms with van der Waals surface area (Å²) >= 11 is 0. The van der Waals surface area contributed by atoms with E-state index in [2.05, 4.69) is 5.92 Å². The zero-order valence-electron chi connectivity index (χ0n) is 7.55. The monoisotopic (exact) mass is 165 g/mol. The Morgan fingerprint density at radius 2 is 2.00 bits per heavy atom. The van der Waals surface area contributed by atoms with Crippen molar-refractivity contribution in [2.45, 2.75) is 37.6 Å². The molecule has 0 heterocycles. The molecule has 0 spiro atoms. The highest BCUT2D eigenvalue weighted by Gasteiger charge is 2.33. The van der Waals surface area contributed by atoms with Crippen LogP contribution in [0.5, 0.6) is 0 Å². The number of hydrogen-bond acceptors (Lipinski definition) is 1. The van der Waals surface area contributed by atoms with Gasteiger partial charge in [-0.3, -0.25) is 4.79 Å². The van der Waals surface area contributed by atoms with Crippen LogP contribution in [0.15, 0.2) is 0 Å². The molecular weight excluding hydrogens is 150 g/mol. The van der Waals surface area contributed by atoms with E-state index in [1.807, 2.05) is 0 Å². The summed E-state index contributed by atoms with van der Waals surface area (Å²) in [5.74, 6) is 2.76. The summed E-state index contributed by atoms with van der Waals surface area (Å²) in [6.07, 6.45) is 11.7. The molecule has 2 heteroatoms. The molecule has 0 aliphatic heterocycles. The van der Waals surface area contributed by atoms with E-state index >= 15 is 0 Å². The van der Waals surface area contributed by atoms with Gasteiger partial charge in [0, 0.05) is 7.05 Å². The molecule has 66 valence electrons. The van der Waals surface area contributed by atoms with Crippen LogP contribution in [0, 0.1) is 12.3 Å². The molecule has 0 unspecified atom stereocenters. The lowest BCUT2D eigenvalue weighted by atomic mass is 9.81. The van der Waals surface area contributed by atoms with Gasteiger partial charge in [-0.2, -0.15) is 0 Å². The van der Waals surface area contributed by atoms with Gasteiger partial charge in [-0.1, -0.05) is 25.2 Å². The summed E-state index contributed by atoms with van der Waals surface area (Å²) in [7, 11) is 1.78. The summed E-state index contributed by atoms with van der Waals surface area (Å²) in [4.78, 5) is 12.2. The molecule has 0 saturated heterocycles. The third-order valence-corrected chi connectivity index (χ3v) is 2.78. The van der Waals surface area contributed by atoms with Crippen molar-refractivity contribution in [1.82, 2.24) is 4.90 Å². The first-order valence-electron chi connectivity index (χ1n) is 4.41. The molecule has 0 aromatic carbocycles. The van der Waals surface area contributed by atoms with Gasteiger partial charge in [0.05, 0.1) is 0 Å². The van der Waals surface area contributed by atoms with Crippen LogP contribution in [0.25, 0.3) is 0 Å². The Labute approximate surface area is 73.9 Å². The number of hydrogen-bond donors (Lipinski definition) is 0. The van der Waals surface area contributed by atoms with Crippen LogP contribution in [0.1, 0.15) is 32.1 Å². The first kappa shape index (κ1) is 9.12. The third kappa shape index (κ3) is 1.45. The molecule has 0 N–H and O–H groups in total. The highest BCUT2D eigenvalue weighted by molar-refractivity contribution is 5.50. The summed E-state index contributed by atoms with van der Waals surface area (Å²) in [5, 5.41) is 0. The molecule has 12 heavy (non-hydrogen) atoms. The predicted molar refractivity (Wildman–Crippen MR) is 48.5 cm³/mol. The lowest BCUT2D eigenvalue weighted by Gasteiger charge is -2.38. The summed E-state index contributed by atoms with van der Waals surface area (Å²) in [6, 6.07) is 0. The number of amides is 1. The number of terminal acetylenes is 1. The molecule has 2 nitrogen and oxygen atoms in total. The van der Waals surface area contributed by atoms with Gasteiger partial charge in [-0.05, 0) is 12.8 Å². The van der Waals surface area contributed by atoms with E-state index in [9.17, 15) is 4.79 Å². The zero-order valence-corrected chi connectivity index (χ0v) is 7.55. The maximum Gasteiger partial charge on any atom is 0.210 e. The number of carbonyl (C=O) groups is 1. The Hall–Kier alpha value is -0.970. The largest absolute Gasteiger partial charge is 0.332 e. The van der Waals surface area contributed by atoms with Crippen LogP contribution in [-0.4, -0.2) is 23.9 Å². The van der Waals surface area contributed by atoms with Gasteiger partial charge in [0.15, 0.2) is 0 Å². The van der Waals surface area contributed by atoms with Gasteiger partial charge in [0.25, 0.3) is 0 Å². The Kier molecular flexibility index (Phi) is 2.75. The van der Waals surface area contributed by atoms with Crippen molar-refractivity contribution < 1.29 is 4.79 Å². The van der Waals surface area contributed by atoms with Crippen molar-refractivity contribution in [2.75, 3.05) is 7.05 Å². The van der Waals surface area contributed by atoms with E-state index in [1.165, 1.54) is 6.42 Å². The summed E-state index contributed by atoms with van der Waals surface area (Å²) in [5.41, 5.74) is -0.278. The molecule has 1 fully saturated rings. The van der Waals surface area contributed by atoms with Crippen molar-refractivity contribution in [3.63, 3.8) is 0 Å². The molecule has 1 aliphatic carbocycles. The second kappa shape index (κ2) is 3.62. The highest BCUT2D eigenvalue weighted by Crippen LogP contribution is 2.31. The standard InChI is InChI=1S/C10H15NO/c1-3-10(11(2)9-12)7-5-4-6-8-10/h1,9H,4-8H2,2H3. The van der Waals surface area contributed by atoms with Gasteiger partial charge in [0.2, 0.25) is 6.41 Å². The average molecular weight is 165 g/mol. The maximum absolute atomic E-state index is 10.6. The first-order valence-corrected chi connectivity index (χ1v) is 4.41. The molecule has 0 bridgehead atoms. The van der Waals surface area contributed by atoms with Gasteiger partial charge in [-0.25, -0.2) is 0 Å². The lowest BCUT2D eigenvalue weighted by Crippen LogP contribution is -2.45. The Balaban J connectivity index is 2.74. The van der Waals surface area contributed by atoms with Crippen LogP contribution < -0.4 is 0 Å². The van der Waals surface area contributed by atoms with E-state index in [1.54, 1.807) is 11.9 Å². The predicted octanol–water partition coefficient (Wildman–Crippen LogP) is 1.41. The van der Waals surface area contributed by atoms with Gasteiger partial charge in [0.1, 0.15) is 5.54 Å². The number of carbonyl (C=O) groups excluding carboxylic acids is 1. The quantitative estimate of drug-likeness (QED) is 0.447. The molecule has 1 aliphatic rings. The van der Waals surface area contributed by atoms with Crippen molar-refractivity contribution >= 4 is 6.41 Å². The van der Waals surface area contributed by atoms with Gasteiger partial charge in [-0.15, -0.1) is 6.42 Å². The van der Waals surface area contributed by atoms with E-state index in [-0.39, 0.29) is 5.54 Å². The normalized spacial score (nSPS) is 21.0. The second-order valence-corrected chi connectivity index (χ2v) is 3.45. The lowest BCUT2D eigenvalue weighted by molar-refractivity contribution is -0.121. The fraction of sp³-hybridized carbons (Fsp3) is 0.700. The number of nitrogens with zero attached hydrogens (tertiary/aromatic N) is 1. The van der Waals surface area contributed by atoms with Gasteiger partial charge >= 0.3 is 0 Å². The molecule has 0 aromatic heterocycles. The minimum atomic E-state index is -0.278. The van der Waals surface area contributed by atoms with Crippen LogP contribution in [0.3, 0.4) is 0 Å². The van der Waals surface area contributed by atoms with Crippen LogP contribution >= 0.6 is 0 Å². The fourth-order valence-electron chi connectivity index (χ4n) is 1.84. The van der Waals surface area contributed by atoms with Crippen molar-refractivity contribution in [3.05, 3.63) is 0 Å². The summed E-state index contributed by atoms with van der Waals surface area (Å²) < 4.78 is 0. The fourth-order valence-corrected chi connectivity index (χ4v) is 1.84. The van der Waals surface area contributed by atoms with Crippen molar-refractivity contribution in [3.8, 4) is 12.3 Å². The molecule has 0 aromatic rings. The van der Waals surface area contributed by atoms with Gasteiger partial charge < -0.3 is 4.90 Å². The molecule has 1 amide bonds. The maximum atomic E-state index is 10.6. The van der Waals surface area contributed by atoms with Crippen LogP contribution in [-0.2, 0) is 4.79 Å². The molecular formula is C10H15NO. The van der Waals surface area contributed by atoms with Crippen molar-refractivity contribution in [1.29, 1.82) is 0 Å². The zero-order chi connectivity index (χ0) is 9.03. The molecule has 0 radical (unpaired) electrons. The van der Waals surface area contributed by atoms with Crippen LogP contribution in [0.2, 0.25) is 0 Å². The minimum absolute atomic E-state index is 0.278. The Morgan fingerprint density at radius 3 is 2.42 bits per heavy atom. The van der Waals surface area contributed by atoms with E-state index in [4.69, 9.17) is 6.42 Å². The topological polar surface area (TPSA) is 20.3 Å². The van der Waals surface area contributed by atoms with E-state index in [0.717, 1.165) is 32.1 Å². The molecule has 0 atom stereocenters. The highest BCUT2D eigenvalue weighted by atomic mass is 16.1. The van der Waals surface area contributed by atoms with E-state index < -0.39 is 0 Å². The number of rotatable bonds is 2. The van der Waals surface area contributed by atoms with Crippen molar-refractivity contribution in [2.24, 2.45) is 0 Å². The second-order valence-electron chi connectivity index (χ2n) is 3.45. The SMILES string of the molecule is C#CC1(N(C)C=O)CCCCC1. The summed E-state index contributed by atoms with van der Waals surface area (Å²) in [6.45, 7) is 0. The molecule has 1 saturated carbocycles. The molecule has 1 rings (SSSR count). The van der Waals surface area contributed by atoms with Crippen LogP contribution in [0.4, 0.5) is 0 Å². The average Bonchev–Trinajstić information content (AvgIpc) is 2.17. The smallest absolute Gasteiger partial charge is 0.210 e. The van der Waals surface area contributed by atoms with E-state index in [0.29, 0.717) is 0 Å².